The van der Waals surface area contributed by atoms with Crippen molar-refractivity contribution in [2.24, 2.45) is 0 Å². The van der Waals surface area contributed by atoms with E-state index >= 15 is 0 Å². The highest BCUT2D eigenvalue weighted by Crippen LogP contribution is 2.31. The predicted molar refractivity (Wildman–Crippen MR) is 214 cm³/mol. The molecule has 1 N–H and O–H groups in total. The third kappa shape index (κ3) is 9.04. The van der Waals surface area contributed by atoms with Crippen LogP contribution in [0.15, 0.2) is 146 Å². The summed E-state index contributed by atoms with van der Waals surface area (Å²) in [7, 11) is 0. The van der Waals surface area contributed by atoms with E-state index in [1.165, 1.54) is 62.9 Å². The Kier molecular flexibility index (Phi) is 13.6. The van der Waals surface area contributed by atoms with E-state index in [0.717, 1.165) is 32.5 Å². The summed E-state index contributed by atoms with van der Waals surface area (Å²) in [6.45, 7) is 3.09. The van der Waals surface area contributed by atoms with Crippen molar-refractivity contribution in [2.45, 2.75) is 71.6 Å². The van der Waals surface area contributed by atoms with E-state index in [4.69, 9.17) is 9.59 Å². The van der Waals surface area contributed by atoms with Gasteiger partial charge in [-0.3, -0.25) is 0 Å². The SMILES string of the molecule is C.O=C(O)[C@H](CCCCn1cccc1)n1cccc1.O=C=O.c1ccc2c(c1)c1ccccc1n2CCCCCn1c2ccccc2c2ccccc21. The Bertz CT molecular complexity index is 2140. The number of carbonyl (C=O) groups excluding carboxylic acids is 2. The van der Waals surface area contributed by atoms with Crippen molar-refractivity contribution in [3.63, 3.8) is 0 Å². The molecule has 0 aliphatic heterocycles. The van der Waals surface area contributed by atoms with Crippen LogP contribution in [0.1, 0.15) is 52.0 Å². The second kappa shape index (κ2) is 18.9. The van der Waals surface area contributed by atoms with Crippen LogP contribution in [-0.2, 0) is 34.0 Å². The van der Waals surface area contributed by atoms with Gasteiger partial charge in [-0.1, -0.05) is 80.2 Å². The zero-order valence-corrected chi connectivity index (χ0v) is 29.3. The highest BCUT2D eigenvalue weighted by atomic mass is 16.4. The van der Waals surface area contributed by atoms with Gasteiger partial charge in [0.1, 0.15) is 6.04 Å². The van der Waals surface area contributed by atoms with Crippen LogP contribution in [0.4, 0.5) is 0 Å². The molecule has 1 atom stereocenters. The smallest absolute Gasteiger partial charge is 0.373 e. The van der Waals surface area contributed by atoms with Gasteiger partial charge in [0.05, 0.1) is 0 Å². The number of rotatable bonds is 13. The quantitative estimate of drug-likeness (QED) is 0.121. The first kappa shape index (κ1) is 38.1. The molecule has 0 aliphatic carbocycles. The van der Waals surface area contributed by atoms with Crippen molar-refractivity contribution in [1.82, 2.24) is 18.3 Å². The molecular formula is C45H48N4O4. The van der Waals surface area contributed by atoms with E-state index in [1.54, 1.807) is 4.57 Å². The summed E-state index contributed by atoms with van der Waals surface area (Å²) in [6.07, 6.45) is 14.1. The Morgan fingerprint density at radius 2 is 0.868 bits per heavy atom. The summed E-state index contributed by atoms with van der Waals surface area (Å²) in [5, 5.41) is 14.7. The molecule has 8 heteroatoms. The van der Waals surface area contributed by atoms with Gasteiger partial charge < -0.3 is 23.4 Å². The molecule has 4 heterocycles. The number of para-hydroxylation sites is 4. The minimum absolute atomic E-state index is 0. The number of aromatic nitrogens is 4. The van der Waals surface area contributed by atoms with Gasteiger partial charge in [-0.15, -0.1) is 0 Å². The molecule has 8 aromatic rings. The molecule has 0 radical (unpaired) electrons. The number of carboxylic acid groups (broad SMARTS) is 1. The molecule has 0 spiro atoms. The van der Waals surface area contributed by atoms with Crippen LogP contribution in [0, 0.1) is 0 Å². The van der Waals surface area contributed by atoms with Crippen LogP contribution in [-0.4, -0.2) is 35.5 Å². The van der Waals surface area contributed by atoms with Gasteiger partial charge in [-0.05, 0) is 87.1 Å². The number of carboxylic acids is 1. The third-order valence-electron chi connectivity index (χ3n) is 9.71. The summed E-state index contributed by atoms with van der Waals surface area (Å²) in [5.41, 5.74) is 5.41. The summed E-state index contributed by atoms with van der Waals surface area (Å²) in [5.74, 6) is -0.757. The van der Waals surface area contributed by atoms with E-state index in [9.17, 15) is 9.90 Å². The summed E-state index contributed by atoms with van der Waals surface area (Å²) >= 11 is 0. The lowest BCUT2D eigenvalue weighted by molar-refractivity contribution is -0.191. The first-order valence-electron chi connectivity index (χ1n) is 18.0. The van der Waals surface area contributed by atoms with Crippen LogP contribution in [0.2, 0.25) is 0 Å². The number of benzene rings is 4. The van der Waals surface area contributed by atoms with Crippen LogP contribution < -0.4 is 0 Å². The van der Waals surface area contributed by atoms with Gasteiger partial charge in [0.2, 0.25) is 0 Å². The molecule has 0 saturated carbocycles. The molecule has 0 fully saturated rings. The Balaban J connectivity index is 0.000000211. The number of aryl methyl sites for hydroxylation is 3. The fraction of sp³-hybridized carbons (Fsp3) is 0.244. The topological polar surface area (TPSA) is 91.2 Å². The lowest BCUT2D eigenvalue weighted by atomic mass is 10.1. The molecule has 4 aromatic heterocycles. The third-order valence-corrected chi connectivity index (χ3v) is 9.71. The fourth-order valence-corrected chi connectivity index (χ4v) is 7.31. The predicted octanol–water partition coefficient (Wildman–Crippen LogP) is 10.6. The normalized spacial score (nSPS) is 11.3. The highest BCUT2D eigenvalue weighted by Gasteiger charge is 2.17. The molecule has 0 amide bonds. The largest absolute Gasteiger partial charge is 0.480 e. The Hall–Kier alpha value is -6.11. The lowest BCUT2D eigenvalue weighted by Gasteiger charge is -2.14. The van der Waals surface area contributed by atoms with Gasteiger partial charge in [0.15, 0.2) is 0 Å². The van der Waals surface area contributed by atoms with Crippen molar-refractivity contribution in [1.29, 1.82) is 0 Å². The number of hydrogen-bond donors (Lipinski definition) is 1. The van der Waals surface area contributed by atoms with E-state index in [1.807, 2.05) is 49.1 Å². The number of aliphatic carboxylic acids is 1. The standard InChI is InChI=1S/C29H26N2.C14H18N2O2.CO2.CH4/c1(10-20-30-26-16-6-2-12-22(26)23-13-3-7-17-27(23)30)11-21-31-28-18-8-4-14-24(28)25-15-5-9-19-29(25)31;17-14(18)13(16-11-5-6-12-16)7-1-2-8-15-9-3-4-10-15;2-1-3;/h2-9,12-19H,1,10-11,20-21H2;3-6,9-13H,1-2,7-8H2,(H,17,18);;1H4/t;13-;;/m.0../s1. The summed E-state index contributed by atoms with van der Waals surface area (Å²) in [6, 6.07) is 42.5. The molecule has 0 unspecified atom stereocenters. The average molecular weight is 709 g/mol. The van der Waals surface area contributed by atoms with Gasteiger partial charge in [0.25, 0.3) is 0 Å². The maximum absolute atomic E-state index is 11.2. The van der Waals surface area contributed by atoms with Gasteiger partial charge in [0, 0.05) is 88.0 Å². The molecule has 0 aliphatic rings. The zero-order chi connectivity index (χ0) is 36.1. The number of hydrogen-bond acceptors (Lipinski definition) is 3. The fourth-order valence-electron chi connectivity index (χ4n) is 7.31. The first-order chi connectivity index (χ1) is 25.6. The maximum atomic E-state index is 11.2. The molecule has 0 bridgehead atoms. The molecule has 272 valence electrons. The van der Waals surface area contributed by atoms with Gasteiger partial charge in [-0.25, -0.2) is 4.79 Å². The highest BCUT2D eigenvalue weighted by molar-refractivity contribution is 6.08. The average Bonchev–Trinajstić information content (AvgIpc) is 4.00. The zero-order valence-electron chi connectivity index (χ0n) is 29.3. The number of nitrogens with zero attached hydrogens (tertiary/aromatic N) is 4. The van der Waals surface area contributed by atoms with Crippen LogP contribution in [0.25, 0.3) is 43.6 Å². The Morgan fingerprint density at radius 3 is 1.26 bits per heavy atom. The molecular weight excluding hydrogens is 661 g/mol. The Labute approximate surface area is 310 Å². The Morgan fingerprint density at radius 1 is 0.509 bits per heavy atom. The number of carbonyl (C=O) groups is 1. The molecule has 53 heavy (non-hydrogen) atoms. The van der Waals surface area contributed by atoms with Crippen LogP contribution in [0.5, 0.6) is 0 Å². The summed E-state index contributed by atoms with van der Waals surface area (Å²) < 4.78 is 8.89. The molecule has 4 aromatic carbocycles. The van der Waals surface area contributed by atoms with Crippen molar-refractivity contribution < 1.29 is 19.5 Å². The second-order valence-electron chi connectivity index (χ2n) is 12.9. The minimum Gasteiger partial charge on any atom is -0.480 e. The van der Waals surface area contributed by atoms with Crippen molar-refractivity contribution >= 4 is 55.7 Å². The number of fused-ring (bicyclic) bond motifs is 6. The number of unbranched alkanes of at least 4 members (excludes halogenated alkanes) is 3. The van der Waals surface area contributed by atoms with E-state index < -0.39 is 12.0 Å². The van der Waals surface area contributed by atoms with Gasteiger partial charge >= 0.3 is 12.1 Å². The monoisotopic (exact) mass is 708 g/mol. The second-order valence-corrected chi connectivity index (χ2v) is 12.9. The van der Waals surface area contributed by atoms with E-state index in [0.29, 0.717) is 6.42 Å². The lowest BCUT2D eigenvalue weighted by Crippen LogP contribution is -2.17. The summed E-state index contributed by atoms with van der Waals surface area (Å²) in [4.78, 5) is 27.4. The first-order valence-corrected chi connectivity index (χ1v) is 18.0. The van der Waals surface area contributed by atoms with Crippen molar-refractivity contribution in [3.8, 4) is 0 Å². The molecule has 0 saturated heterocycles. The van der Waals surface area contributed by atoms with Gasteiger partial charge in [-0.2, -0.15) is 9.59 Å². The molecule has 8 nitrogen and oxygen atoms in total. The molecule has 8 rings (SSSR count). The minimum atomic E-state index is -0.757. The maximum Gasteiger partial charge on any atom is 0.373 e. The van der Waals surface area contributed by atoms with E-state index in [2.05, 4.69) is 111 Å². The van der Waals surface area contributed by atoms with Crippen LogP contribution >= 0.6 is 0 Å². The van der Waals surface area contributed by atoms with Crippen molar-refractivity contribution in [3.05, 3.63) is 146 Å². The van der Waals surface area contributed by atoms with Crippen molar-refractivity contribution in [2.75, 3.05) is 0 Å². The van der Waals surface area contributed by atoms with E-state index in [-0.39, 0.29) is 13.6 Å². The van der Waals surface area contributed by atoms with Crippen LogP contribution in [0.3, 0.4) is 0 Å².